The molecule has 0 aliphatic carbocycles. The Labute approximate surface area is 167 Å². The van der Waals surface area contributed by atoms with Crippen LogP contribution in [0.15, 0.2) is 0 Å². The number of methoxy groups -OCH3 is 1. The van der Waals surface area contributed by atoms with Crippen molar-refractivity contribution >= 4 is 5.97 Å². The van der Waals surface area contributed by atoms with Crippen LogP contribution in [0.2, 0.25) is 0 Å². The first-order valence-corrected chi connectivity index (χ1v) is 9.62. The Hall–Kier alpha value is -0.850. The Kier molecular flexibility index (Phi) is 23.5. The molecule has 0 fully saturated rings. The van der Waals surface area contributed by atoms with Gasteiger partial charge in [-0.2, -0.15) is 0 Å². The van der Waals surface area contributed by atoms with Gasteiger partial charge in [-0.3, -0.25) is 4.79 Å². The molecule has 0 aromatic heterocycles. The van der Waals surface area contributed by atoms with Crippen molar-refractivity contribution in [2.24, 2.45) is 5.73 Å². The molecule has 0 aromatic rings. The molecule has 0 amide bonds. The highest BCUT2D eigenvalue weighted by Crippen LogP contribution is 1.88. The molecule has 0 radical (unpaired) electrons. The second kappa shape index (κ2) is 24.2. The first kappa shape index (κ1) is 27.1. The lowest BCUT2D eigenvalue weighted by molar-refractivity contribution is -0.141. The molecule has 10 nitrogen and oxygen atoms in total. The Morgan fingerprint density at radius 1 is 0.536 bits per heavy atom. The van der Waals surface area contributed by atoms with E-state index < -0.39 is 0 Å². The molecule has 0 saturated carbocycles. The lowest BCUT2D eigenvalue weighted by Gasteiger charge is -2.08. The van der Waals surface area contributed by atoms with Gasteiger partial charge in [-0.15, -0.1) is 0 Å². The van der Waals surface area contributed by atoms with Crippen LogP contribution in [-0.2, 0) is 42.7 Å². The van der Waals surface area contributed by atoms with Gasteiger partial charge in [0.05, 0.1) is 106 Å². The second-order valence-corrected chi connectivity index (χ2v) is 5.40. The smallest absolute Gasteiger partial charge is 0.307 e. The van der Waals surface area contributed by atoms with Crippen LogP contribution in [0.1, 0.15) is 6.42 Å². The summed E-state index contributed by atoms with van der Waals surface area (Å²) in [6, 6.07) is 0. The molecular formula is C18H37NO9. The van der Waals surface area contributed by atoms with Crippen LogP contribution < -0.4 is 5.73 Å². The normalized spacial score (nSPS) is 11.1. The monoisotopic (exact) mass is 411 g/mol. The van der Waals surface area contributed by atoms with Crippen LogP contribution >= 0.6 is 0 Å². The summed E-state index contributed by atoms with van der Waals surface area (Å²) in [6.45, 7) is 7.51. The lowest BCUT2D eigenvalue weighted by atomic mass is 10.5. The number of rotatable bonds is 23. The van der Waals surface area contributed by atoms with E-state index in [1.165, 1.54) is 7.11 Å². The van der Waals surface area contributed by atoms with Crippen molar-refractivity contribution in [3.8, 4) is 0 Å². The number of hydrogen-bond acceptors (Lipinski definition) is 10. The first-order valence-electron chi connectivity index (χ1n) is 9.62. The van der Waals surface area contributed by atoms with Crippen molar-refractivity contribution in [2.45, 2.75) is 6.42 Å². The molecule has 10 heteroatoms. The summed E-state index contributed by atoms with van der Waals surface area (Å²) in [4.78, 5) is 10.8. The van der Waals surface area contributed by atoms with Gasteiger partial charge in [0.1, 0.15) is 0 Å². The zero-order valence-corrected chi connectivity index (χ0v) is 17.1. The maximum Gasteiger partial charge on any atom is 0.307 e. The van der Waals surface area contributed by atoms with Crippen LogP contribution in [0.5, 0.6) is 0 Å². The molecule has 0 rings (SSSR count). The molecular weight excluding hydrogens is 374 g/mol. The van der Waals surface area contributed by atoms with Crippen LogP contribution in [0.4, 0.5) is 0 Å². The fourth-order valence-electron chi connectivity index (χ4n) is 1.76. The van der Waals surface area contributed by atoms with Crippen LogP contribution in [0, 0.1) is 0 Å². The largest absolute Gasteiger partial charge is 0.469 e. The number of carbonyl (C=O) groups is 1. The summed E-state index contributed by atoms with van der Waals surface area (Å²) in [6.07, 6.45) is 0.253. The lowest BCUT2D eigenvalue weighted by Crippen LogP contribution is -2.15. The van der Waals surface area contributed by atoms with Gasteiger partial charge in [0.2, 0.25) is 0 Å². The van der Waals surface area contributed by atoms with E-state index in [4.69, 9.17) is 38.9 Å². The van der Waals surface area contributed by atoms with Gasteiger partial charge >= 0.3 is 5.97 Å². The summed E-state index contributed by atoms with van der Waals surface area (Å²) < 4.78 is 41.7. The average Bonchev–Trinajstić information content (AvgIpc) is 2.71. The molecule has 0 aliphatic heterocycles. The molecule has 0 bridgehead atoms. The van der Waals surface area contributed by atoms with Crippen LogP contribution in [0.25, 0.3) is 0 Å². The quantitative estimate of drug-likeness (QED) is 0.176. The molecule has 0 spiro atoms. The van der Waals surface area contributed by atoms with Crippen molar-refractivity contribution in [3.05, 3.63) is 0 Å². The van der Waals surface area contributed by atoms with Crippen molar-refractivity contribution in [1.29, 1.82) is 0 Å². The molecule has 0 aliphatic rings. The van der Waals surface area contributed by atoms with E-state index in [0.717, 1.165) is 0 Å². The van der Waals surface area contributed by atoms with Gasteiger partial charge in [-0.1, -0.05) is 0 Å². The molecule has 0 heterocycles. The highest BCUT2D eigenvalue weighted by Gasteiger charge is 1.99. The zero-order chi connectivity index (χ0) is 20.5. The molecule has 168 valence electrons. The highest BCUT2D eigenvalue weighted by atomic mass is 16.6. The third-order valence-electron chi connectivity index (χ3n) is 3.17. The minimum atomic E-state index is -0.280. The van der Waals surface area contributed by atoms with E-state index in [0.29, 0.717) is 99.0 Å². The molecule has 0 aromatic carbocycles. The molecule has 0 atom stereocenters. The average molecular weight is 411 g/mol. The summed E-state index contributed by atoms with van der Waals surface area (Å²) in [5.74, 6) is -0.280. The van der Waals surface area contributed by atoms with E-state index in [1.54, 1.807) is 0 Å². The predicted octanol–water partition coefficient (Wildman–Crippen LogP) is -0.376. The van der Waals surface area contributed by atoms with E-state index >= 15 is 0 Å². The number of esters is 1. The minimum Gasteiger partial charge on any atom is -0.469 e. The van der Waals surface area contributed by atoms with Crippen molar-refractivity contribution in [1.82, 2.24) is 0 Å². The summed E-state index contributed by atoms with van der Waals surface area (Å²) in [5.41, 5.74) is 5.30. The number of nitrogens with two attached hydrogens (primary N) is 1. The molecule has 0 unspecified atom stereocenters. The Balaban J connectivity index is 3.00. The van der Waals surface area contributed by atoms with Gasteiger partial charge in [0.15, 0.2) is 0 Å². The third-order valence-corrected chi connectivity index (χ3v) is 3.17. The molecule has 2 N–H and O–H groups in total. The first-order chi connectivity index (χ1) is 13.8. The van der Waals surface area contributed by atoms with Gasteiger partial charge in [0, 0.05) is 6.54 Å². The Morgan fingerprint density at radius 2 is 0.821 bits per heavy atom. The van der Waals surface area contributed by atoms with Crippen molar-refractivity contribution in [2.75, 3.05) is 106 Å². The van der Waals surface area contributed by atoms with Crippen LogP contribution in [0.3, 0.4) is 0 Å². The van der Waals surface area contributed by atoms with Crippen molar-refractivity contribution in [3.63, 3.8) is 0 Å². The standard InChI is InChI=1S/C18H37NO9/c1-21-18(20)2-4-22-6-8-24-10-12-26-14-16-28-17-15-27-13-11-25-9-7-23-5-3-19/h2-17,19H2,1H3. The maximum atomic E-state index is 10.8. The van der Waals surface area contributed by atoms with E-state index in [1.807, 2.05) is 0 Å². The fourth-order valence-corrected chi connectivity index (χ4v) is 1.76. The minimum absolute atomic E-state index is 0.253. The van der Waals surface area contributed by atoms with Crippen LogP contribution in [-0.4, -0.2) is 112 Å². The van der Waals surface area contributed by atoms with Gasteiger partial charge in [-0.05, 0) is 0 Å². The SMILES string of the molecule is COC(=O)CCOCCOCCOCCOCCOCCOCCOCCN. The van der Waals surface area contributed by atoms with Gasteiger partial charge in [0.25, 0.3) is 0 Å². The molecule has 28 heavy (non-hydrogen) atoms. The number of carbonyl (C=O) groups excluding carboxylic acids is 1. The number of hydrogen-bond donors (Lipinski definition) is 1. The number of ether oxygens (including phenoxy) is 8. The third kappa shape index (κ3) is 23.2. The van der Waals surface area contributed by atoms with E-state index in [2.05, 4.69) is 4.74 Å². The zero-order valence-electron chi connectivity index (χ0n) is 17.1. The fraction of sp³-hybridized carbons (Fsp3) is 0.944. The topological polar surface area (TPSA) is 117 Å². The van der Waals surface area contributed by atoms with Gasteiger partial charge < -0.3 is 43.6 Å². The second-order valence-electron chi connectivity index (χ2n) is 5.40. The predicted molar refractivity (Wildman–Crippen MR) is 101 cm³/mol. The van der Waals surface area contributed by atoms with E-state index in [9.17, 15) is 4.79 Å². The summed E-state index contributed by atoms with van der Waals surface area (Å²) in [7, 11) is 1.35. The Bertz CT molecular complexity index is 321. The Morgan fingerprint density at radius 3 is 1.11 bits per heavy atom. The van der Waals surface area contributed by atoms with Crippen molar-refractivity contribution < 1.29 is 42.7 Å². The summed E-state index contributed by atoms with van der Waals surface area (Å²) >= 11 is 0. The summed E-state index contributed by atoms with van der Waals surface area (Å²) in [5, 5.41) is 0. The highest BCUT2D eigenvalue weighted by molar-refractivity contribution is 5.69. The maximum absolute atomic E-state index is 10.8. The molecule has 0 saturated heterocycles. The van der Waals surface area contributed by atoms with E-state index in [-0.39, 0.29) is 12.4 Å². The van der Waals surface area contributed by atoms with Gasteiger partial charge in [-0.25, -0.2) is 0 Å².